The van der Waals surface area contributed by atoms with Gasteiger partial charge in [0.05, 0.1) is 24.8 Å². The topological polar surface area (TPSA) is 58.6 Å². The Hall–Kier alpha value is -3.14. The van der Waals surface area contributed by atoms with E-state index < -0.39 is 17.6 Å². The summed E-state index contributed by atoms with van der Waals surface area (Å²) in [5, 5.41) is 12.1. The Morgan fingerprint density at radius 1 is 1.24 bits per heavy atom. The molecule has 4 nitrogen and oxygen atoms in total. The molecule has 0 aromatic heterocycles. The Bertz CT molecular complexity index is 835. The molecule has 0 radical (unpaired) electrons. The lowest BCUT2D eigenvalue weighted by molar-refractivity contribution is -0.137. The average molecular weight is 349 g/mol. The molecule has 2 aromatic rings. The minimum Gasteiger partial charge on any atom is -0.507 e. The van der Waals surface area contributed by atoms with E-state index in [0.29, 0.717) is 5.75 Å². The Morgan fingerprint density at radius 3 is 2.68 bits per heavy atom. The summed E-state index contributed by atoms with van der Waals surface area (Å²) in [4.78, 5) is 12.0. The molecule has 0 spiro atoms. The van der Waals surface area contributed by atoms with Crippen LogP contribution in [-0.4, -0.2) is 24.7 Å². The number of rotatable bonds is 3. The van der Waals surface area contributed by atoms with E-state index in [2.05, 4.69) is 17.2 Å². The molecule has 0 fully saturated rings. The smallest absolute Gasteiger partial charge is 0.416 e. The quantitative estimate of drug-likeness (QED) is 0.837. The third-order valence-corrected chi connectivity index (χ3v) is 3.21. The predicted molar refractivity (Wildman–Crippen MR) is 85.3 cm³/mol. The molecule has 0 aliphatic heterocycles. The highest BCUT2D eigenvalue weighted by atomic mass is 19.4. The van der Waals surface area contributed by atoms with Gasteiger partial charge in [0, 0.05) is 5.56 Å². The van der Waals surface area contributed by atoms with Crippen LogP contribution in [0.5, 0.6) is 11.5 Å². The molecule has 2 rings (SSSR count). The van der Waals surface area contributed by atoms with Crippen LogP contribution in [0.3, 0.4) is 0 Å². The van der Waals surface area contributed by atoms with Crippen molar-refractivity contribution in [2.45, 2.75) is 6.18 Å². The number of amides is 1. The number of aromatic hydroxyl groups is 1. The van der Waals surface area contributed by atoms with Crippen LogP contribution in [0.25, 0.3) is 0 Å². The van der Waals surface area contributed by atoms with Gasteiger partial charge in [-0.3, -0.25) is 4.79 Å². The molecule has 0 saturated heterocycles. The Labute approximate surface area is 142 Å². The number of halogens is 3. The fraction of sp³-hybridized carbons (Fsp3) is 0.167. The van der Waals surface area contributed by atoms with Gasteiger partial charge in [0.1, 0.15) is 11.5 Å². The van der Waals surface area contributed by atoms with E-state index in [-0.39, 0.29) is 23.4 Å². The maximum Gasteiger partial charge on any atom is 0.416 e. The third-order valence-electron chi connectivity index (χ3n) is 3.21. The van der Waals surface area contributed by atoms with Gasteiger partial charge in [0.2, 0.25) is 0 Å². The zero-order valence-electron chi connectivity index (χ0n) is 13.1. The minimum atomic E-state index is -4.43. The van der Waals surface area contributed by atoms with Crippen LogP contribution in [0.4, 0.5) is 13.2 Å². The lowest BCUT2D eigenvalue weighted by Crippen LogP contribution is -2.23. The summed E-state index contributed by atoms with van der Waals surface area (Å²) in [6.45, 7) is -0.0915. The number of carbonyl (C=O) groups is 1. The summed E-state index contributed by atoms with van der Waals surface area (Å²) in [6, 6.07) is 8.78. The van der Waals surface area contributed by atoms with Gasteiger partial charge in [-0.05, 0) is 36.4 Å². The molecule has 1 amide bonds. The van der Waals surface area contributed by atoms with Crippen LogP contribution >= 0.6 is 0 Å². The molecular weight excluding hydrogens is 335 g/mol. The molecule has 130 valence electrons. The molecule has 0 unspecified atom stereocenters. The maximum absolute atomic E-state index is 12.6. The molecule has 7 heteroatoms. The van der Waals surface area contributed by atoms with Crippen molar-refractivity contribution in [2.75, 3.05) is 13.7 Å². The first kappa shape index (κ1) is 18.2. The Morgan fingerprint density at radius 2 is 2.00 bits per heavy atom. The summed E-state index contributed by atoms with van der Waals surface area (Å²) >= 11 is 0. The van der Waals surface area contributed by atoms with Gasteiger partial charge in [0.15, 0.2) is 0 Å². The standard InChI is InChI=1S/C18H14F3NO3/c1-25-14-7-8-16(23)15(11-14)17(24)22-9-3-5-12-4-2-6-13(10-12)18(19,20)21/h2,4,6-8,10-11,23H,9H2,1H3,(H,22,24). The van der Waals surface area contributed by atoms with E-state index in [4.69, 9.17) is 4.74 Å². The number of hydrogen-bond acceptors (Lipinski definition) is 3. The van der Waals surface area contributed by atoms with Crippen molar-refractivity contribution >= 4 is 5.91 Å². The Balaban J connectivity index is 2.02. The second kappa shape index (κ2) is 7.62. The number of phenols is 1. The normalized spacial score (nSPS) is 10.6. The van der Waals surface area contributed by atoms with E-state index in [1.807, 2.05) is 0 Å². The summed E-state index contributed by atoms with van der Waals surface area (Å²) in [5.41, 5.74) is -0.585. The molecule has 2 N–H and O–H groups in total. The van der Waals surface area contributed by atoms with Crippen molar-refractivity contribution in [1.82, 2.24) is 5.32 Å². The van der Waals surface area contributed by atoms with E-state index in [9.17, 15) is 23.1 Å². The number of carbonyl (C=O) groups excluding carboxylic acids is 1. The highest BCUT2D eigenvalue weighted by Crippen LogP contribution is 2.29. The number of hydrogen-bond donors (Lipinski definition) is 2. The second-order valence-corrected chi connectivity index (χ2v) is 4.95. The Kier molecular flexibility index (Phi) is 5.55. The van der Waals surface area contributed by atoms with Gasteiger partial charge in [0.25, 0.3) is 5.91 Å². The molecule has 0 saturated carbocycles. The lowest BCUT2D eigenvalue weighted by atomic mass is 10.1. The fourth-order valence-corrected chi connectivity index (χ4v) is 1.96. The molecule has 0 aliphatic rings. The van der Waals surface area contributed by atoms with E-state index in [1.54, 1.807) is 0 Å². The van der Waals surface area contributed by atoms with Gasteiger partial charge in [-0.2, -0.15) is 13.2 Å². The van der Waals surface area contributed by atoms with Crippen molar-refractivity contribution in [3.63, 3.8) is 0 Å². The summed E-state index contributed by atoms with van der Waals surface area (Å²) < 4.78 is 42.8. The zero-order valence-corrected chi connectivity index (χ0v) is 13.1. The summed E-state index contributed by atoms with van der Waals surface area (Å²) in [7, 11) is 1.43. The molecule has 2 aromatic carbocycles. The number of alkyl halides is 3. The number of nitrogens with one attached hydrogen (secondary N) is 1. The van der Waals surface area contributed by atoms with Gasteiger partial charge in [-0.25, -0.2) is 0 Å². The van der Waals surface area contributed by atoms with Crippen LogP contribution in [0, 0.1) is 11.8 Å². The summed E-state index contributed by atoms with van der Waals surface area (Å²) in [6.07, 6.45) is -4.43. The van der Waals surface area contributed by atoms with Gasteiger partial charge in [-0.15, -0.1) is 0 Å². The highest BCUT2D eigenvalue weighted by molar-refractivity contribution is 5.97. The average Bonchev–Trinajstić information content (AvgIpc) is 2.58. The van der Waals surface area contributed by atoms with Gasteiger partial charge < -0.3 is 15.2 Å². The largest absolute Gasteiger partial charge is 0.507 e. The first-order valence-corrected chi connectivity index (χ1v) is 7.12. The van der Waals surface area contributed by atoms with Gasteiger partial charge in [-0.1, -0.05) is 17.9 Å². The number of phenolic OH excluding ortho intramolecular Hbond substituents is 1. The van der Waals surface area contributed by atoms with Crippen LogP contribution in [0.2, 0.25) is 0 Å². The van der Waals surface area contributed by atoms with Crippen molar-refractivity contribution in [2.24, 2.45) is 0 Å². The number of benzene rings is 2. The van der Waals surface area contributed by atoms with Crippen LogP contribution in [-0.2, 0) is 6.18 Å². The van der Waals surface area contributed by atoms with E-state index in [0.717, 1.165) is 12.1 Å². The molecule has 25 heavy (non-hydrogen) atoms. The lowest BCUT2D eigenvalue weighted by Gasteiger charge is -2.07. The number of ether oxygens (including phenoxy) is 1. The SMILES string of the molecule is COc1ccc(O)c(C(=O)NCC#Cc2cccc(C(F)(F)F)c2)c1. The third kappa shape index (κ3) is 4.91. The molecule has 0 heterocycles. The van der Waals surface area contributed by atoms with E-state index in [1.165, 1.54) is 37.4 Å². The van der Waals surface area contributed by atoms with Gasteiger partial charge >= 0.3 is 6.18 Å². The highest BCUT2D eigenvalue weighted by Gasteiger charge is 2.30. The van der Waals surface area contributed by atoms with Crippen molar-refractivity contribution in [3.8, 4) is 23.3 Å². The minimum absolute atomic E-state index is 0.0141. The molecular formula is C18H14F3NO3. The van der Waals surface area contributed by atoms with Crippen molar-refractivity contribution < 1.29 is 27.8 Å². The van der Waals surface area contributed by atoms with Crippen molar-refractivity contribution in [3.05, 3.63) is 59.2 Å². The molecule has 0 bridgehead atoms. The fourth-order valence-electron chi connectivity index (χ4n) is 1.96. The second-order valence-electron chi connectivity index (χ2n) is 4.95. The van der Waals surface area contributed by atoms with E-state index >= 15 is 0 Å². The van der Waals surface area contributed by atoms with Crippen LogP contribution in [0.1, 0.15) is 21.5 Å². The van der Waals surface area contributed by atoms with Crippen LogP contribution in [0.15, 0.2) is 42.5 Å². The molecule has 0 atom stereocenters. The first-order chi connectivity index (χ1) is 11.8. The number of methoxy groups -OCH3 is 1. The maximum atomic E-state index is 12.6. The monoisotopic (exact) mass is 349 g/mol. The zero-order chi connectivity index (χ0) is 18.4. The van der Waals surface area contributed by atoms with Crippen molar-refractivity contribution in [1.29, 1.82) is 0 Å². The summed E-state index contributed by atoms with van der Waals surface area (Å²) in [5.74, 6) is 4.72. The predicted octanol–water partition coefficient (Wildman–Crippen LogP) is 3.20. The molecule has 0 aliphatic carbocycles. The first-order valence-electron chi connectivity index (χ1n) is 7.12. The van der Waals surface area contributed by atoms with Crippen LogP contribution < -0.4 is 10.1 Å².